The van der Waals surface area contributed by atoms with Crippen molar-refractivity contribution in [3.8, 4) is 0 Å². The van der Waals surface area contributed by atoms with E-state index < -0.39 is 15.8 Å². The van der Waals surface area contributed by atoms with Crippen LogP contribution in [-0.2, 0) is 10.0 Å². The number of sulfonamides is 1. The molecule has 0 N–H and O–H groups in total. The summed E-state index contributed by atoms with van der Waals surface area (Å²) in [6, 6.07) is 9.77. The van der Waals surface area contributed by atoms with E-state index in [1.165, 1.54) is 45.5 Å². The van der Waals surface area contributed by atoms with E-state index in [9.17, 15) is 17.6 Å². The van der Waals surface area contributed by atoms with Crippen LogP contribution < -0.4 is 5.56 Å². The fourth-order valence-electron chi connectivity index (χ4n) is 3.48. The SMILES string of the molecule is O=c1c2cc(F)ccc2ncn1C1CCN(S(=O)(=O)c2ccc(Cl)cc2)CC1. The Balaban J connectivity index is 1.56. The van der Waals surface area contributed by atoms with Gasteiger partial charge in [-0.15, -0.1) is 0 Å². The molecule has 0 saturated carbocycles. The summed E-state index contributed by atoms with van der Waals surface area (Å²) >= 11 is 5.83. The molecule has 0 bridgehead atoms. The Morgan fingerprint density at radius 1 is 1.07 bits per heavy atom. The smallest absolute Gasteiger partial charge is 0.261 e. The van der Waals surface area contributed by atoms with Gasteiger partial charge in [0.25, 0.3) is 5.56 Å². The van der Waals surface area contributed by atoms with Gasteiger partial charge in [0.15, 0.2) is 0 Å². The molecule has 1 aliphatic rings. The highest BCUT2D eigenvalue weighted by molar-refractivity contribution is 7.89. The van der Waals surface area contributed by atoms with Crippen molar-refractivity contribution in [3.05, 3.63) is 70.0 Å². The predicted molar refractivity (Wildman–Crippen MR) is 104 cm³/mol. The highest BCUT2D eigenvalue weighted by atomic mass is 35.5. The molecule has 0 aliphatic carbocycles. The molecule has 0 radical (unpaired) electrons. The van der Waals surface area contributed by atoms with Crippen LogP contribution in [0.2, 0.25) is 5.02 Å². The van der Waals surface area contributed by atoms with E-state index in [1.54, 1.807) is 12.1 Å². The molecule has 1 fully saturated rings. The minimum atomic E-state index is -3.61. The lowest BCUT2D eigenvalue weighted by Crippen LogP contribution is -2.40. The third-order valence-corrected chi connectivity index (χ3v) is 7.18. The van der Waals surface area contributed by atoms with E-state index in [4.69, 9.17) is 11.6 Å². The number of aromatic nitrogens is 2. The molecule has 0 amide bonds. The highest BCUT2D eigenvalue weighted by Gasteiger charge is 2.30. The number of hydrogen-bond acceptors (Lipinski definition) is 4. The molecule has 146 valence electrons. The van der Waals surface area contributed by atoms with E-state index in [2.05, 4.69) is 4.98 Å². The van der Waals surface area contributed by atoms with Gasteiger partial charge < -0.3 is 0 Å². The lowest BCUT2D eigenvalue weighted by molar-refractivity contribution is 0.269. The van der Waals surface area contributed by atoms with Crippen LogP contribution in [0, 0.1) is 5.82 Å². The van der Waals surface area contributed by atoms with Gasteiger partial charge in [-0.25, -0.2) is 17.8 Å². The molecule has 0 atom stereocenters. The van der Waals surface area contributed by atoms with E-state index >= 15 is 0 Å². The van der Waals surface area contributed by atoms with Crippen LogP contribution in [0.4, 0.5) is 4.39 Å². The topological polar surface area (TPSA) is 72.3 Å². The van der Waals surface area contributed by atoms with Crippen molar-refractivity contribution < 1.29 is 12.8 Å². The highest BCUT2D eigenvalue weighted by Crippen LogP contribution is 2.27. The number of benzene rings is 2. The minimum absolute atomic E-state index is 0.190. The Bertz CT molecular complexity index is 1190. The fourth-order valence-corrected chi connectivity index (χ4v) is 5.08. The van der Waals surface area contributed by atoms with E-state index in [0.717, 1.165) is 0 Å². The van der Waals surface area contributed by atoms with Gasteiger partial charge in [0.1, 0.15) is 5.82 Å². The molecule has 1 aromatic heterocycles. The monoisotopic (exact) mass is 421 g/mol. The summed E-state index contributed by atoms with van der Waals surface area (Å²) in [4.78, 5) is 17.1. The molecular weight excluding hydrogens is 405 g/mol. The molecule has 6 nitrogen and oxygen atoms in total. The number of fused-ring (bicyclic) bond motifs is 1. The van der Waals surface area contributed by atoms with Gasteiger partial charge in [-0.1, -0.05) is 11.6 Å². The second kappa shape index (κ2) is 7.27. The zero-order chi connectivity index (χ0) is 19.9. The molecule has 1 aliphatic heterocycles. The first-order chi connectivity index (χ1) is 13.4. The van der Waals surface area contributed by atoms with Crippen LogP contribution in [0.3, 0.4) is 0 Å². The average molecular weight is 422 g/mol. The Labute approximate surface area is 166 Å². The largest absolute Gasteiger partial charge is 0.296 e. The van der Waals surface area contributed by atoms with Gasteiger partial charge in [0.05, 0.1) is 22.1 Å². The summed E-state index contributed by atoms with van der Waals surface area (Å²) in [6.07, 6.45) is 2.39. The first kappa shape index (κ1) is 19.0. The summed E-state index contributed by atoms with van der Waals surface area (Å²) in [6.45, 7) is 0.562. The van der Waals surface area contributed by atoms with E-state index in [0.29, 0.717) is 23.4 Å². The molecule has 9 heteroatoms. The summed E-state index contributed by atoms with van der Waals surface area (Å²) in [5.74, 6) is -0.493. The van der Waals surface area contributed by atoms with Gasteiger partial charge >= 0.3 is 0 Å². The maximum Gasteiger partial charge on any atom is 0.261 e. The van der Waals surface area contributed by atoms with Gasteiger partial charge in [-0.2, -0.15) is 4.31 Å². The normalized spacial score (nSPS) is 16.5. The molecule has 2 aromatic carbocycles. The van der Waals surface area contributed by atoms with Crippen molar-refractivity contribution >= 4 is 32.5 Å². The van der Waals surface area contributed by atoms with Crippen LogP contribution >= 0.6 is 11.6 Å². The predicted octanol–water partition coefficient (Wildman–Crippen LogP) is 3.21. The molecule has 28 heavy (non-hydrogen) atoms. The number of nitrogens with zero attached hydrogens (tertiary/aromatic N) is 3. The molecule has 0 unspecified atom stereocenters. The second-order valence-corrected chi connectivity index (χ2v) is 9.08. The summed E-state index contributed by atoms with van der Waals surface area (Å²) in [5.41, 5.74) is 0.119. The second-order valence-electron chi connectivity index (χ2n) is 6.71. The third kappa shape index (κ3) is 3.43. The molecule has 4 rings (SSSR count). The lowest BCUT2D eigenvalue weighted by atomic mass is 10.1. The molecule has 0 spiro atoms. The first-order valence-corrected chi connectivity index (χ1v) is 10.6. The Kier molecular flexibility index (Phi) is 4.95. The number of rotatable bonds is 3. The average Bonchev–Trinajstić information content (AvgIpc) is 2.69. The Morgan fingerprint density at radius 2 is 1.75 bits per heavy atom. The Morgan fingerprint density at radius 3 is 2.43 bits per heavy atom. The van der Waals surface area contributed by atoms with Crippen LogP contribution in [0.25, 0.3) is 10.9 Å². The standard InChI is InChI=1S/C19H17ClFN3O3S/c20-13-1-4-16(5-2-13)28(26,27)23-9-7-15(8-10-23)24-12-22-18-6-3-14(21)11-17(18)19(24)25/h1-6,11-12,15H,7-10H2. The van der Waals surface area contributed by atoms with Crippen LogP contribution in [0.15, 0.2) is 58.5 Å². The number of halogens is 2. The van der Waals surface area contributed by atoms with Crippen molar-refractivity contribution in [2.45, 2.75) is 23.8 Å². The maximum absolute atomic E-state index is 13.5. The number of piperidine rings is 1. The van der Waals surface area contributed by atoms with Crippen LogP contribution in [0.5, 0.6) is 0 Å². The lowest BCUT2D eigenvalue weighted by Gasteiger charge is -2.32. The number of hydrogen-bond donors (Lipinski definition) is 0. The van der Waals surface area contributed by atoms with Crippen LogP contribution in [0.1, 0.15) is 18.9 Å². The molecule has 1 saturated heterocycles. The maximum atomic E-state index is 13.5. The van der Waals surface area contributed by atoms with Gasteiger partial charge in [0.2, 0.25) is 10.0 Å². The van der Waals surface area contributed by atoms with Gasteiger partial charge in [-0.3, -0.25) is 9.36 Å². The molecule has 2 heterocycles. The third-order valence-electron chi connectivity index (χ3n) is 5.01. The van der Waals surface area contributed by atoms with Gasteiger partial charge in [0, 0.05) is 24.2 Å². The molecule has 3 aromatic rings. The quantitative estimate of drug-likeness (QED) is 0.651. The van der Waals surface area contributed by atoms with E-state index in [-0.39, 0.29) is 35.0 Å². The molecular formula is C19H17ClFN3O3S. The minimum Gasteiger partial charge on any atom is -0.296 e. The van der Waals surface area contributed by atoms with Gasteiger partial charge in [-0.05, 0) is 55.3 Å². The van der Waals surface area contributed by atoms with Crippen molar-refractivity contribution in [1.29, 1.82) is 0 Å². The zero-order valence-electron chi connectivity index (χ0n) is 14.8. The summed E-state index contributed by atoms with van der Waals surface area (Å²) in [5, 5.41) is 0.691. The summed E-state index contributed by atoms with van der Waals surface area (Å²) < 4.78 is 42.0. The Hall–Kier alpha value is -2.29. The van der Waals surface area contributed by atoms with E-state index in [1.807, 2.05) is 0 Å². The first-order valence-electron chi connectivity index (χ1n) is 8.78. The van der Waals surface area contributed by atoms with Crippen molar-refractivity contribution in [3.63, 3.8) is 0 Å². The van der Waals surface area contributed by atoms with Crippen molar-refractivity contribution in [2.75, 3.05) is 13.1 Å². The summed E-state index contributed by atoms with van der Waals surface area (Å²) in [7, 11) is -3.61. The van der Waals surface area contributed by atoms with Crippen molar-refractivity contribution in [1.82, 2.24) is 13.9 Å². The van der Waals surface area contributed by atoms with Crippen molar-refractivity contribution in [2.24, 2.45) is 0 Å². The zero-order valence-corrected chi connectivity index (χ0v) is 16.3. The fraction of sp³-hybridized carbons (Fsp3) is 0.263. The van der Waals surface area contributed by atoms with Crippen LogP contribution in [-0.4, -0.2) is 35.4 Å².